The summed E-state index contributed by atoms with van der Waals surface area (Å²) in [5.74, 6) is 0.223. The van der Waals surface area contributed by atoms with Gasteiger partial charge in [-0.3, -0.25) is 0 Å². The Kier molecular flexibility index (Phi) is 3.80. The Morgan fingerprint density at radius 3 is 2.64 bits per heavy atom. The predicted molar refractivity (Wildman–Crippen MR) is 53.1 cm³/mol. The van der Waals surface area contributed by atoms with Crippen LogP contribution in [0.2, 0.25) is 0 Å². The van der Waals surface area contributed by atoms with Gasteiger partial charge in [-0.25, -0.2) is 13.8 Å². The van der Waals surface area contributed by atoms with E-state index in [9.17, 15) is 8.78 Å². The Balaban J connectivity index is 3.27. The molecule has 0 saturated heterocycles. The third-order valence-corrected chi connectivity index (χ3v) is 2.56. The van der Waals surface area contributed by atoms with Crippen molar-refractivity contribution in [3.05, 3.63) is 22.9 Å². The van der Waals surface area contributed by atoms with E-state index < -0.39 is 6.43 Å². The molecule has 0 aromatic carbocycles. The molecule has 0 fully saturated rings. The molecule has 0 radical (unpaired) electrons. The fourth-order valence-corrected chi connectivity index (χ4v) is 1.69. The molecule has 0 unspecified atom stereocenters. The summed E-state index contributed by atoms with van der Waals surface area (Å²) >= 11 is 3.23. The van der Waals surface area contributed by atoms with Crippen LogP contribution in [0.1, 0.15) is 23.2 Å². The molecule has 1 aromatic heterocycles. The van der Waals surface area contributed by atoms with Crippen molar-refractivity contribution < 1.29 is 13.5 Å². The maximum Gasteiger partial charge on any atom is 0.280 e. The van der Waals surface area contributed by atoms with E-state index in [1.807, 2.05) is 0 Å². The van der Waals surface area contributed by atoms with E-state index in [4.69, 9.17) is 4.74 Å². The molecule has 1 heterocycles. The van der Waals surface area contributed by atoms with Gasteiger partial charge >= 0.3 is 0 Å². The van der Waals surface area contributed by atoms with Gasteiger partial charge in [-0.1, -0.05) is 15.9 Å². The lowest BCUT2D eigenvalue weighted by Crippen LogP contribution is -2.01. The molecule has 0 amide bonds. The molecule has 0 bridgehead atoms. The molecule has 0 saturated carbocycles. The fourth-order valence-electron chi connectivity index (χ4n) is 1.11. The zero-order chi connectivity index (χ0) is 10.7. The molecule has 0 aliphatic rings. The molecular formula is C9H10BrF2NO. The Bertz CT molecular complexity index is 331. The lowest BCUT2D eigenvalue weighted by Gasteiger charge is -2.10. The van der Waals surface area contributed by atoms with Crippen LogP contribution in [0.4, 0.5) is 8.78 Å². The number of hydrogen-bond acceptors (Lipinski definition) is 2. The largest absolute Gasteiger partial charge is 0.481 e. The van der Waals surface area contributed by atoms with E-state index in [1.165, 1.54) is 7.11 Å². The number of aromatic nitrogens is 1. The normalized spacial score (nSPS) is 10.7. The zero-order valence-corrected chi connectivity index (χ0v) is 9.44. The average molecular weight is 266 g/mol. The van der Waals surface area contributed by atoms with Crippen LogP contribution in [0.5, 0.6) is 5.88 Å². The number of halogens is 3. The third kappa shape index (κ3) is 2.20. The van der Waals surface area contributed by atoms with Gasteiger partial charge < -0.3 is 4.74 Å². The van der Waals surface area contributed by atoms with E-state index in [0.29, 0.717) is 10.9 Å². The summed E-state index contributed by atoms with van der Waals surface area (Å²) in [6.07, 6.45) is -2.57. The minimum atomic E-state index is -2.57. The van der Waals surface area contributed by atoms with Crippen molar-refractivity contribution in [3.63, 3.8) is 0 Å². The first-order chi connectivity index (χ1) is 6.60. The summed E-state index contributed by atoms with van der Waals surface area (Å²) in [7, 11) is 1.41. The standard InChI is InChI=1S/C9H10BrF2NO/c1-5-6(4-10)3-7(14-2)13-8(5)9(11)12/h3,9H,4H2,1-2H3. The molecule has 0 spiro atoms. The highest BCUT2D eigenvalue weighted by molar-refractivity contribution is 9.08. The molecule has 2 nitrogen and oxygen atoms in total. The summed E-state index contributed by atoms with van der Waals surface area (Å²) in [5.41, 5.74) is 1.07. The summed E-state index contributed by atoms with van der Waals surface area (Å²) < 4.78 is 29.9. The molecule has 5 heteroatoms. The van der Waals surface area contributed by atoms with Crippen molar-refractivity contribution in [1.82, 2.24) is 4.98 Å². The molecule has 0 N–H and O–H groups in total. The molecule has 0 aliphatic carbocycles. The molecule has 1 aromatic rings. The molecule has 0 aliphatic heterocycles. The van der Waals surface area contributed by atoms with E-state index in [-0.39, 0.29) is 11.6 Å². The number of hydrogen-bond donors (Lipinski definition) is 0. The second-order valence-corrected chi connectivity index (χ2v) is 3.33. The quantitative estimate of drug-likeness (QED) is 0.783. The highest BCUT2D eigenvalue weighted by atomic mass is 79.9. The van der Waals surface area contributed by atoms with E-state index in [0.717, 1.165) is 5.56 Å². The summed E-state index contributed by atoms with van der Waals surface area (Å²) in [6, 6.07) is 1.65. The van der Waals surface area contributed by atoms with Crippen LogP contribution in [-0.4, -0.2) is 12.1 Å². The first kappa shape index (κ1) is 11.4. The van der Waals surface area contributed by atoms with Gasteiger partial charge in [0.25, 0.3) is 6.43 Å². The zero-order valence-electron chi connectivity index (χ0n) is 7.85. The lowest BCUT2D eigenvalue weighted by atomic mass is 10.1. The maximum atomic E-state index is 12.5. The number of alkyl halides is 3. The molecule has 1 rings (SSSR count). The van der Waals surface area contributed by atoms with Crippen LogP contribution in [0, 0.1) is 6.92 Å². The Morgan fingerprint density at radius 2 is 2.21 bits per heavy atom. The van der Waals surface area contributed by atoms with Gasteiger partial charge in [0.15, 0.2) is 0 Å². The summed E-state index contributed by atoms with van der Waals surface area (Å²) in [6.45, 7) is 1.63. The average Bonchev–Trinajstić information content (AvgIpc) is 2.17. The topological polar surface area (TPSA) is 22.1 Å². The Morgan fingerprint density at radius 1 is 1.57 bits per heavy atom. The second-order valence-electron chi connectivity index (χ2n) is 2.77. The SMILES string of the molecule is COc1cc(CBr)c(C)c(C(F)F)n1. The molecule has 14 heavy (non-hydrogen) atoms. The van der Waals surface area contributed by atoms with Crippen molar-refractivity contribution in [1.29, 1.82) is 0 Å². The van der Waals surface area contributed by atoms with Gasteiger partial charge in [-0.05, 0) is 18.1 Å². The molecule has 78 valence electrons. The number of nitrogens with zero attached hydrogens (tertiary/aromatic N) is 1. The van der Waals surface area contributed by atoms with Crippen LogP contribution in [-0.2, 0) is 5.33 Å². The van der Waals surface area contributed by atoms with Crippen LogP contribution in [0.25, 0.3) is 0 Å². The van der Waals surface area contributed by atoms with Gasteiger partial charge in [-0.15, -0.1) is 0 Å². The smallest absolute Gasteiger partial charge is 0.280 e. The predicted octanol–water partition coefficient (Wildman–Crippen LogP) is 3.23. The van der Waals surface area contributed by atoms with Crippen LogP contribution < -0.4 is 4.74 Å². The monoisotopic (exact) mass is 265 g/mol. The fraction of sp³-hybridized carbons (Fsp3) is 0.444. The van der Waals surface area contributed by atoms with Crippen molar-refractivity contribution in [3.8, 4) is 5.88 Å². The summed E-state index contributed by atoms with van der Waals surface area (Å²) in [4.78, 5) is 3.71. The highest BCUT2D eigenvalue weighted by Gasteiger charge is 2.16. The van der Waals surface area contributed by atoms with Crippen LogP contribution in [0.15, 0.2) is 6.07 Å². The molecule has 0 atom stereocenters. The van der Waals surface area contributed by atoms with Gasteiger partial charge in [0.05, 0.1) is 7.11 Å². The minimum absolute atomic E-state index is 0.209. The van der Waals surface area contributed by atoms with Crippen LogP contribution in [0.3, 0.4) is 0 Å². The Hall–Kier alpha value is -0.710. The van der Waals surface area contributed by atoms with E-state index >= 15 is 0 Å². The van der Waals surface area contributed by atoms with Gasteiger partial charge in [0.1, 0.15) is 5.69 Å². The first-order valence-electron chi connectivity index (χ1n) is 3.98. The van der Waals surface area contributed by atoms with Gasteiger partial charge in [0.2, 0.25) is 5.88 Å². The number of pyridine rings is 1. The molecular weight excluding hydrogens is 256 g/mol. The van der Waals surface area contributed by atoms with Crippen molar-refractivity contribution >= 4 is 15.9 Å². The number of rotatable bonds is 3. The number of methoxy groups -OCH3 is 1. The first-order valence-corrected chi connectivity index (χ1v) is 5.10. The lowest BCUT2D eigenvalue weighted by molar-refractivity contribution is 0.144. The number of ether oxygens (including phenoxy) is 1. The van der Waals surface area contributed by atoms with Gasteiger partial charge in [0, 0.05) is 11.4 Å². The Labute approximate surface area is 89.4 Å². The van der Waals surface area contributed by atoms with Crippen LogP contribution >= 0.6 is 15.9 Å². The van der Waals surface area contributed by atoms with Gasteiger partial charge in [-0.2, -0.15) is 0 Å². The highest BCUT2D eigenvalue weighted by Crippen LogP contribution is 2.27. The summed E-state index contributed by atoms with van der Waals surface area (Å²) in [5, 5.41) is 0.511. The third-order valence-electron chi connectivity index (χ3n) is 1.95. The van der Waals surface area contributed by atoms with Crippen molar-refractivity contribution in [2.45, 2.75) is 18.7 Å². The van der Waals surface area contributed by atoms with Crippen molar-refractivity contribution in [2.24, 2.45) is 0 Å². The minimum Gasteiger partial charge on any atom is -0.481 e. The van der Waals surface area contributed by atoms with E-state index in [2.05, 4.69) is 20.9 Å². The van der Waals surface area contributed by atoms with E-state index in [1.54, 1.807) is 13.0 Å². The maximum absolute atomic E-state index is 12.5. The second kappa shape index (κ2) is 4.68. The van der Waals surface area contributed by atoms with Crippen molar-refractivity contribution in [2.75, 3.05) is 7.11 Å².